The maximum absolute atomic E-state index is 12.2. The van der Waals surface area contributed by atoms with Gasteiger partial charge < -0.3 is 19.4 Å². The Bertz CT molecular complexity index is 480. The van der Waals surface area contributed by atoms with Gasteiger partial charge in [-0.2, -0.15) is 0 Å². The van der Waals surface area contributed by atoms with Crippen LogP contribution in [0.4, 0.5) is 0 Å². The van der Waals surface area contributed by atoms with E-state index < -0.39 is 0 Å². The van der Waals surface area contributed by atoms with Gasteiger partial charge in [0.25, 0.3) is 5.91 Å². The van der Waals surface area contributed by atoms with Gasteiger partial charge in [0.2, 0.25) is 11.1 Å². The van der Waals surface area contributed by atoms with E-state index in [0.29, 0.717) is 18.7 Å². The summed E-state index contributed by atoms with van der Waals surface area (Å²) in [7, 11) is 1.48. The molecule has 6 nitrogen and oxygen atoms in total. The van der Waals surface area contributed by atoms with Crippen molar-refractivity contribution in [3.63, 3.8) is 0 Å². The first kappa shape index (κ1) is 14.9. The van der Waals surface area contributed by atoms with Crippen LogP contribution in [0.15, 0.2) is 16.7 Å². The van der Waals surface area contributed by atoms with E-state index >= 15 is 0 Å². The fourth-order valence-corrected chi connectivity index (χ4v) is 2.44. The minimum Gasteiger partial charge on any atom is -0.452 e. The van der Waals surface area contributed by atoms with E-state index in [4.69, 9.17) is 20.8 Å². The molecule has 0 unspecified atom stereocenters. The molecule has 2 heterocycles. The number of rotatable bonds is 4. The molecule has 2 rings (SSSR count). The second-order valence-corrected chi connectivity index (χ2v) is 5.02. The highest BCUT2D eigenvalue weighted by Crippen LogP contribution is 2.21. The Morgan fingerprint density at radius 3 is 2.75 bits per heavy atom. The molecule has 0 radical (unpaired) electrons. The fraction of sp³-hybridized carbons (Fsp3) is 0.538. The van der Waals surface area contributed by atoms with Crippen molar-refractivity contribution in [3.8, 4) is 0 Å². The Kier molecular flexibility index (Phi) is 5.03. The van der Waals surface area contributed by atoms with Crippen LogP contribution in [-0.4, -0.2) is 49.6 Å². The normalized spacial score (nSPS) is 16.2. The lowest BCUT2D eigenvalue weighted by molar-refractivity contribution is -0.125. The standard InChI is InChI=1S/C13H17ClN2O4/c1-19-8-11(17)15-9-2-5-16(6-3-9)13(18)10-4-7-20-12(10)14/h4,7,9H,2-3,5-6,8H2,1H3,(H,15,17). The third-order valence-electron chi connectivity index (χ3n) is 3.27. The van der Waals surface area contributed by atoms with Gasteiger partial charge in [-0.3, -0.25) is 9.59 Å². The highest BCUT2D eigenvalue weighted by molar-refractivity contribution is 6.32. The first-order valence-corrected chi connectivity index (χ1v) is 6.80. The molecule has 2 amide bonds. The van der Waals surface area contributed by atoms with Gasteiger partial charge in [-0.15, -0.1) is 0 Å². The van der Waals surface area contributed by atoms with Crippen LogP contribution in [0.2, 0.25) is 5.22 Å². The molecule has 0 saturated carbocycles. The molecule has 0 bridgehead atoms. The van der Waals surface area contributed by atoms with E-state index in [-0.39, 0.29) is 29.7 Å². The second kappa shape index (κ2) is 6.76. The van der Waals surface area contributed by atoms with Gasteiger partial charge in [0.05, 0.1) is 11.8 Å². The van der Waals surface area contributed by atoms with Crippen LogP contribution in [0.3, 0.4) is 0 Å². The number of ether oxygens (including phenoxy) is 1. The monoisotopic (exact) mass is 300 g/mol. The summed E-state index contributed by atoms with van der Waals surface area (Å²) in [5.74, 6) is -0.263. The zero-order chi connectivity index (χ0) is 14.5. The summed E-state index contributed by atoms with van der Waals surface area (Å²) in [5, 5.41) is 3.00. The molecule has 0 aliphatic carbocycles. The van der Waals surface area contributed by atoms with Crippen molar-refractivity contribution in [3.05, 3.63) is 23.1 Å². The summed E-state index contributed by atoms with van der Waals surface area (Å²) in [5.41, 5.74) is 0.383. The van der Waals surface area contributed by atoms with E-state index in [1.165, 1.54) is 13.4 Å². The topological polar surface area (TPSA) is 71.8 Å². The lowest BCUT2D eigenvalue weighted by Gasteiger charge is -2.32. The van der Waals surface area contributed by atoms with Crippen molar-refractivity contribution in [2.24, 2.45) is 0 Å². The van der Waals surface area contributed by atoms with Crippen LogP contribution in [0, 0.1) is 0 Å². The molecular formula is C13H17ClN2O4. The number of carbonyl (C=O) groups is 2. The predicted octanol–water partition coefficient (Wildman–Crippen LogP) is 1.30. The minimum atomic E-state index is -0.134. The molecule has 20 heavy (non-hydrogen) atoms. The van der Waals surface area contributed by atoms with Gasteiger partial charge in [0, 0.05) is 26.2 Å². The van der Waals surface area contributed by atoms with Crippen molar-refractivity contribution in [1.29, 1.82) is 0 Å². The number of nitrogens with zero attached hydrogens (tertiary/aromatic N) is 1. The van der Waals surface area contributed by atoms with Gasteiger partial charge in [-0.05, 0) is 30.5 Å². The van der Waals surface area contributed by atoms with Crippen molar-refractivity contribution in [1.82, 2.24) is 10.2 Å². The maximum Gasteiger partial charge on any atom is 0.258 e. The molecule has 7 heteroatoms. The molecule has 110 valence electrons. The van der Waals surface area contributed by atoms with Crippen molar-refractivity contribution >= 4 is 23.4 Å². The Morgan fingerprint density at radius 2 is 2.20 bits per heavy atom. The number of methoxy groups -OCH3 is 1. The summed E-state index contributed by atoms with van der Waals surface area (Å²) in [4.78, 5) is 25.3. The van der Waals surface area contributed by atoms with Crippen LogP contribution >= 0.6 is 11.6 Å². The first-order valence-electron chi connectivity index (χ1n) is 6.42. The van der Waals surface area contributed by atoms with Crippen LogP contribution in [0.1, 0.15) is 23.2 Å². The number of likely N-dealkylation sites (tertiary alicyclic amines) is 1. The summed E-state index contributed by atoms with van der Waals surface area (Å²) in [6.07, 6.45) is 2.83. The molecule has 1 N–H and O–H groups in total. The predicted molar refractivity (Wildman–Crippen MR) is 72.7 cm³/mol. The lowest BCUT2D eigenvalue weighted by atomic mass is 10.0. The number of piperidine rings is 1. The number of carbonyl (C=O) groups excluding carboxylic acids is 2. The van der Waals surface area contributed by atoms with Crippen molar-refractivity contribution in [2.45, 2.75) is 18.9 Å². The Hall–Kier alpha value is -1.53. The van der Waals surface area contributed by atoms with Gasteiger partial charge in [-0.1, -0.05) is 0 Å². The molecule has 1 fully saturated rings. The molecular weight excluding hydrogens is 284 g/mol. The number of furan rings is 1. The van der Waals surface area contributed by atoms with E-state index in [1.807, 2.05) is 0 Å². The molecule has 1 saturated heterocycles. The molecule has 0 spiro atoms. The smallest absolute Gasteiger partial charge is 0.258 e. The SMILES string of the molecule is COCC(=O)NC1CCN(C(=O)c2ccoc2Cl)CC1. The number of hydrogen-bond acceptors (Lipinski definition) is 4. The quantitative estimate of drug-likeness (QED) is 0.910. The number of amides is 2. The Morgan fingerprint density at radius 1 is 1.50 bits per heavy atom. The number of hydrogen-bond donors (Lipinski definition) is 1. The first-order chi connectivity index (χ1) is 9.61. The molecule has 1 aromatic heterocycles. The average molecular weight is 301 g/mol. The summed E-state index contributed by atoms with van der Waals surface area (Å²) >= 11 is 5.80. The number of nitrogens with one attached hydrogen (secondary N) is 1. The largest absolute Gasteiger partial charge is 0.452 e. The zero-order valence-electron chi connectivity index (χ0n) is 11.2. The highest BCUT2D eigenvalue weighted by atomic mass is 35.5. The van der Waals surface area contributed by atoms with Crippen LogP contribution in [-0.2, 0) is 9.53 Å². The molecule has 1 aliphatic heterocycles. The molecule has 0 atom stereocenters. The van der Waals surface area contributed by atoms with Gasteiger partial charge in [-0.25, -0.2) is 0 Å². The van der Waals surface area contributed by atoms with Crippen molar-refractivity contribution < 1.29 is 18.7 Å². The number of halogens is 1. The van der Waals surface area contributed by atoms with Gasteiger partial charge in [0.15, 0.2) is 0 Å². The van der Waals surface area contributed by atoms with Crippen LogP contribution < -0.4 is 5.32 Å². The fourth-order valence-electron chi connectivity index (χ4n) is 2.24. The van der Waals surface area contributed by atoms with Gasteiger partial charge in [0.1, 0.15) is 6.61 Å². The van der Waals surface area contributed by atoms with E-state index in [0.717, 1.165) is 12.8 Å². The molecule has 1 aliphatic rings. The maximum atomic E-state index is 12.2. The Balaban J connectivity index is 1.84. The van der Waals surface area contributed by atoms with Crippen LogP contribution in [0.5, 0.6) is 0 Å². The lowest BCUT2D eigenvalue weighted by Crippen LogP contribution is -2.47. The third-order valence-corrected chi connectivity index (χ3v) is 3.56. The summed E-state index contributed by atoms with van der Waals surface area (Å²) in [6.45, 7) is 1.22. The van der Waals surface area contributed by atoms with Crippen molar-refractivity contribution in [2.75, 3.05) is 26.8 Å². The molecule has 1 aromatic rings. The zero-order valence-corrected chi connectivity index (χ0v) is 12.0. The van der Waals surface area contributed by atoms with E-state index in [9.17, 15) is 9.59 Å². The average Bonchev–Trinajstić information content (AvgIpc) is 2.85. The van der Waals surface area contributed by atoms with E-state index in [2.05, 4.69) is 5.32 Å². The van der Waals surface area contributed by atoms with Crippen LogP contribution in [0.25, 0.3) is 0 Å². The van der Waals surface area contributed by atoms with Gasteiger partial charge >= 0.3 is 0 Å². The minimum absolute atomic E-state index is 0.0593. The summed E-state index contributed by atoms with van der Waals surface area (Å²) < 4.78 is 9.69. The van der Waals surface area contributed by atoms with E-state index in [1.54, 1.807) is 11.0 Å². The third kappa shape index (κ3) is 3.52. The highest BCUT2D eigenvalue weighted by Gasteiger charge is 2.26. The summed E-state index contributed by atoms with van der Waals surface area (Å²) in [6, 6.07) is 1.65. The Labute approximate surface area is 122 Å². The second-order valence-electron chi connectivity index (χ2n) is 4.67. The molecule has 0 aromatic carbocycles.